The Morgan fingerprint density at radius 3 is 1.57 bits per heavy atom. The largest absolute Gasteiger partial charge is 0.184 e. The summed E-state index contributed by atoms with van der Waals surface area (Å²) in [5, 5.41) is 0. The quantitative estimate of drug-likeness (QED) is 0.408. The van der Waals surface area contributed by atoms with E-state index in [-0.39, 0.29) is 22.4 Å². The van der Waals surface area contributed by atoms with Crippen molar-refractivity contribution < 1.29 is 22.4 Å². The summed E-state index contributed by atoms with van der Waals surface area (Å²) < 4.78 is 0. The Labute approximate surface area is 59.1 Å². The van der Waals surface area contributed by atoms with Crippen LogP contribution in [0.1, 0.15) is 0 Å². The summed E-state index contributed by atoms with van der Waals surface area (Å²) in [7, 11) is 0. The van der Waals surface area contributed by atoms with Crippen LogP contribution in [0.5, 0.6) is 0 Å². The molecule has 1 aromatic rings. The van der Waals surface area contributed by atoms with Crippen LogP contribution in [0, 0.1) is 6.07 Å². The van der Waals surface area contributed by atoms with Crippen LogP contribution in [0.25, 0.3) is 0 Å². The Morgan fingerprint density at radius 2 is 1.43 bits per heavy atom. The minimum Gasteiger partial charge on any atom is -0.184 e. The van der Waals surface area contributed by atoms with Gasteiger partial charge in [-0.2, -0.15) is 36.4 Å². The zero-order valence-corrected chi connectivity index (χ0v) is 6.03. The van der Waals surface area contributed by atoms with Gasteiger partial charge in [-0.1, -0.05) is 0 Å². The van der Waals surface area contributed by atoms with E-state index in [0.29, 0.717) is 0 Å². The van der Waals surface area contributed by atoms with Gasteiger partial charge in [0.05, 0.1) is 0 Å². The van der Waals surface area contributed by atoms with E-state index in [9.17, 15) is 0 Å². The Morgan fingerprint density at radius 1 is 0.857 bits per heavy atom. The monoisotopic (exact) mass is 170 g/mol. The summed E-state index contributed by atoms with van der Waals surface area (Å²) in [6, 6.07) is 12.5. The van der Waals surface area contributed by atoms with Gasteiger partial charge in [-0.3, -0.25) is 0 Å². The van der Waals surface area contributed by atoms with E-state index >= 15 is 0 Å². The molecule has 0 N–H and O–H groups in total. The van der Waals surface area contributed by atoms with Crippen LogP contribution in [0.2, 0.25) is 0 Å². The molecule has 1 radical (unpaired) electrons. The molecule has 0 aromatic heterocycles. The molecule has 35 valence electrons. The molecule has 0 nitrogen and oxygen atoms in total. The van der Waals surface area contributed by atoms with E-state index in [1.165, 1.54) is 0 Å². The summed E-state index contributed by atoms with van der Waals surface area (Å²) >= 11 is 0. The zero-order valence-electron chi connectivity index (χ0n) is 3.83. The topological polar surface area (TPSA) is 0 Å². The molecule has 0 bridgehead atoms. The van der Waals surface area contributed by atoms with Gasteiger partial charge in [0, 0.05) is 22.4 Å². The fourth-order valence-electron chi connectivity index (χ4n) is 0.342. The number of hydrogen-bond acceptors (Lipinski definition) is 0. The maximum absolute atomic E-state index is 2.89. The average molecular weight is 170 g/mol. The number of hydrogen-bond donors (Lipinski definition) is 0. The molecule has 0 unspecified atom stereocenters. The van der Waals surface area contributed by atoms with Gasteiger partial charge in [0.15, 0.2) is 0 Å². The molecular formula is C6H5Nb-. The Bertz CT molecular complexity index is 76.1. The van der Waals surface area contributed by atoms with Crippen LogP contribution in [0.3, 0.4) is 0 Å². The molecule has 0 aliphatic carbocycles. The third kappa shape index (κ3) is 2.63. The van der Waals surface area contributed by atoms with Crippen LogP contribution in [0.4, 0.5) is 0 Å². The van der Waals surface area contributed by atoms with Gasteiger partial charge in [-0.05, 0) is 0 Å². The summed E-state index contributed by atoms with van der Waals surface area (Å²) in [4.78, 5) is 0. The van der Waals surface area contributed by atoms with Crippen LogP contribution < -0.4 is 0 Å². The van der Waals surface area contributed by atoms with Crippen molar-refractivity contribution in [2.24, 2.45) is 0 Å². The molecule has 0 heterocycles. The summed E-state index contributed by atoms with van der Waals surface area (Å²) in [6.45, 7) is 0. The maximum atomic E-state index is 2.89. The second-order valence-electron chi connectivity index (χ2n) is 1.08. The molecule has 1 rings (SSSR count). The van der Waals surface area contributed by atoms with Crippen molar-refractivity contribution in [1.82, 2.24) is 0 Å². The Balaban J connectivity index is 0.000000360. The molecule has 1 heteroatoms. The van der Waals surface area contributed by atoms with Crippen LogP contribution in [0.15, 0.2) is 30.3 Å². The van der Waals surface area contributed by atoms with Crippen molar-refractivity contribution in [1.29, 1.82) is 0 Å². The third-order valence-electron chi connectivity index (χ3n) is 0.607. The standard InChI is InChI=1S/C6H5.Nb/c1-2-4-6-5-3-1;/h1-5H;/q-1;. The van der Waals surface area contributed by atoms with E-state index in [2.05, 4.69) is 6.07 Å². The summed E-state index contributed by atoms with van der Waals surface area (Å²) in [5.74, 6) is 0. The van der Waals surface area contributed by atoms with Crippen molar-refractivity contribution >= 4 is 0 Å². The molecule has 0 spiro atoms. The first kappa shape index (κ1) is 6.96. The second kappa shape index (κ2) is 4.13. The Kier molecular flexibility index (Phi) is 4.10. The Hall–Kier alpha value is -0.0397. The molecule has 0 fully saturated rings. The van der Waals surface area contributed by atoms with Gasteiger partial charge in [0.2, 0.25) is 0 Å². The van der Waals surface area contributed by atoms with Crippen LogP contribution in [-0.4, -0.2) is 0 Å². The third-order valence-corrected chi connectivity index (χ3v) is 0.607. The zero-order chi connectivity index (χ0) is 4.24. The minimum atomic E-state index is 0. The fraction of sp³-hybridized carbons (Fsp3) is 0. The van der Waals surface area contributed by atoms with E-state index in [1.54, 1.807) is 0 Å². The molecule has 1 aromatic carbocycles. The molecule has 0 atom stereocenters. The summed E-state index contributed by atoms with van der Waals surface area (Å²) in [5.41, 5.74) is 0. The van der Waals surface area contributed by atoms with E-state index in [1.807, 2.05) is 30.3 Å². The van der Waals surface area contributed by atoms with Crippen molar-refractivity contribution in [3.8, 4) is 0 Å². The van der Waals surface area contributed by atoms with Crippen LogP contribution in [-0.2, 0) is 22.4 Å². The first-order valence-corrected chi connectivity index (χ1v) is 1.91. The minimum absolute atomic E-state index is 0. The second-order valence-corrected chi connectivity index (χ2v) is 1.08. The van der Waals surface area contributed by atoms with E-state index < -0.39 is 0 Å². The molecule has 0 aliphatic heterocycles. The SMILES string of the molecule is [Nb].[c-]1ccccc1. The molecule has 0 aliphatic rings. The maximum Gasteiger partial charge on any atom is 0 e. The number of benzene rings is 1. The molecule has 7 heavy (non-hydrogen) atoms. The average Bonchev–Trinajstić information content (AvgIpc) is 1.72. The van der Waals surface area contributed by atoms with Crippen molar-refractivity contribution in [3.63, 3.8) is 0 Å². The number of rotatable bonds is 0. The molecule has 0 amide bonds. The van der Waals surface area contributed by atoms with Crippen molar-refractivity contribution in [3.05, 3.63) is 36.4 Å². The fourth-order valence-corrected chi connectivity index (χ4v) is 0.342. The van der Waals surface area contributed by atoms with Gasteiger partial charge in [-0.15, -0.1) is 0 Å². The van der Waals surface area contributed by atoms with Crippen molar-refractivity contribution in [2.75, 3.05) is 0 Å². The molecular weight excluding hydrogens is 165 g/mol. The normalized spacial score (nSPS) is 6.86. The van der Waals surface area contributed by atoms with Crippen molar-refractivity contribution in [2.45, 2.75) is 0 Å². The smallest absolute Gasteiger partial charge is 0 e. The first-order valence-electron chi connectivity index (χ1n) is 1.91. The van der Waals surface area contributed by atoms with E-state index in [0.717, 1.165) is 0 Å². The van der Waals surface area contributed by atoms with Crippen LogP contribution >= 0.6 is 0 Å². The predicted octanol–water partition coefficient (Wildman–Crippen LogP) is 1.48. The van der Waals surface area contributed by atoms with Gasteiger partial charge < -0.3 is 0 Å². The summed E-state index contributed by atoms with van der Waals surface area (Å²) in [6.07, 6.45) is 0. The van der Waals surface area contributed by atoms with E-state index in [4.69, 9.17) is 0 Å². The van der Waals surface area contributed by atoms with Gasteiger partial charge in [0.25, 0.3) is 0 Å². The van der Waals surface area contributed by atoms with Gasteiger partial charge >= 0.3 is 0 Å². The molecule has 0 saturated carbocycles. The predicted molar refractivity (Wildman–Crippen MR) is 25.3 cm³/mol. The van der Waals surface area contributed by atoms with Gasteiger partial charge in [0.1, 0.15) is 0 Å². The molecule has 0 saturated heterocycles. The van der Waals surface area contributed by atoms with Gasteiger partial charge in [-0.25, -0.2) is 0 Å². The first-order chi connectivity index (χ1) is 3.00.